The summed E-state index contributed by atoms with van der Waals surface area (Å²) in [7, 11) is 0. The number of benzene rings is 1. The van der Waals surface area contributed by atoms with Crippen molar-refractivity contribution in [1.29, 1.82) is 0 Å². The maximum absolute atomic E-state index is 12.7. The third kappa shape index (κ3) is 4.80. The van der Waals surface area contributed by atoms with Gasteiger partial charge in [-0.25, -0.2) is 13.6 Å². The van der Waals surface area contributed by atoms with Crippen molar-refractivity contribution in [3.8, 4) is 0 Å². The molecule has 0 saturated carbocycles. The first-order chi connectivity index (χ1) is 10.7. The number of rotatable bonds is 2. The summed E-state index contributed by atoms with van der Waals surface area (Å²) in [4.78, 5) is 15.8. The SMILES string of the molecule is CC(C)(C)OC(=O)N1CCN(c2ccc(C(F)F)cc2Br)CC1. The van der Waals surface area contributed by atoms with Gasteiger partial charge in [0.05, 0.1) is 5.69 Å². The molecule has 128 valence electrons. The van der Waals surface area contributed by atoms with Gasteiger partial charge in [0.25, 0.3) is 6.43 Å². The van der Waals surface area contributed by atoms with Gasteiger partial charge in [0, 0.05) is 36.2 Å². The van der Waals surface area contributed by atoms with Crippen molar-refractivity contribution < 1.29 is 18.3 Å². The summed E-state index contributed by atoms with van der Waals surface area (Å²) in [6.07, 6.45) is -2.80. The van der Waals surface area contributed by atoms with Crippen LogP contribution in [-0.4, -0.2) is 42.8 Å². The Morgan fingerprint density at radius 1 is 1.22 bits per heavy atom. The molecule has 0 aliphatic carbocycles. The molecule has 1 fully saturated rings. The predicted molar refractivity (Wildman–Crippen MR) is 89.1 cm³/mol. The fourth-order valence-electron chi connectivity index (χ4n) is 2.37. The molecule has 0 spiro atoms. The molecule has 0 bridgehead atoms. The fourth-order valence-corrected chi connectivity index (χ4v) is 3.02. The molecule has 0 atom stereocenters. The second-order valence-electron chi connectivity index (χ2n) is 6.47. The highest BCUT2D eigenvalue weighted by molar-refractivity contribution is 9.10. The number of anilines is 1. The number of amides is 1. The second-order valence-corrected chi connectivity index (χ2v) is 7.32. The van der Waals surface area contributed by atoms with Crippen LogP contribution in [0, 0.1) is 0 Å². The molecule has 2 rings (SSSR count). The lowest BCUT2D eigenvalue weighted by Gasteiger charge is -2.37. The summed E-state index contributed by atoms with van der Waals surface area (Å²) in [5.41, 5.74) is 0.341. The van der Waals surface area contributed by atoms with Crippen molar-refractivity contribution >= 4 is 27.7 Å². The van der Waals surface area contributed by atoms with Crippen LogP contribution < -0.4 is 4.90 Å². The highest BCUT2D eigenvalue weighted by Gasteiger charge is 2.26. The number of carbonyl (C=O) groups is 1. The lowest BCUT2D eigenvalue weighted by atomic mass is 10.2. The molecule has 1 aliphatic rings. The lowest BCUT2D eigenvalue weighted by Crippen LogP contribution is -2.50. The van der Waals surface area contributed by atoms with Crippen molar-refractivity contribution in [2.24, 2.45) is 0 Å². The van der Waals surface area contributed by atoms with Crippen LogP contribution in [0.5, 0.6) is 0 Å². The minimum absolute atomic E-state index is 0.00647. The zero-order valence-electron chi connectivity index (χ0n) is 13.5. The molecule has 7 heteroatoms. The summed E-state index contributed by atoms with van der Waals surface area (Å²) in [6.45, 7) is 7.85. The van der Waals surface area contributed by atoms with Crippen molar-refractivity contribution in [3.05, 3.63) is 28.2 Å². The summed E-state index contributed by atoms with van der Waals surface area (Å²) >= 11 is 3.35. The topological polar surface area (TPSA) is 32.8 Å². The van der Waals surface area contributed by atoms with E-state index in [-0.39, 0.29) is 11.7 Å². The molecule has 1 aliphatic heterocycles. The van der Waals surface area contributed by atoms with E-state index in [1.165, 1.54) is 12.1 Å². The third-order valence-electron chi connectivity index (χ3n) is 3.50. The van der Waals surface area contributed by atoms with Crippen LogP contribution in [0.2, 0.25) is 0 Å². The molecule has 1 amide bonds. The Balaban J connectivity index is 1.98. The van der Waals surface area contributed by atoms with Gasteiger partial charge in [-0.05, 0) is 48.8 Å². The normalized spacial score (nSPS) is 16.0. The van der Waals surface area contributed by atoms with Crippen molar-refractivity contribution in [1.82, 2.24) is 4.90 Å². The molecule has 23 heavy (non-hydrogen) atoms. The molecule has 0 aromatic heterocycles. The summed E-state index contributed by atoms with van der Waals surface area (Å²) in [5, 5.41) is 0. The van der Waals surface area contributed by atoms with Gasteiger partial charge in [0.15, 0.2) is 0 Å². The Morgan fingerprint density at radius 3 is 2.30 bits per heavy atom. The molecular formula is C16H21BrF2N2O2. The molecule has 0 radical (unpaired) electrons. The highest BCUT2D eigenvalue weighted by atomic mass is 79.9. The quantitative estimate of drug-likeness (QED) is 0.747. The van der Waals surface area contributed by atoms with Gasteiger partial charge in [0.1, 0.15) is 5.60 Å². The fraction of sp³-hybridized carbons (Fsp3) is 0.562. The van der Waals surface area contributed by atoms with Gasteiger partial charge in [-0.2, -0.15) is 0 Å². The van der Waals surface area contributed by atoms with E-state index in [0.717, 1.165) is 5.69 Å². The Bertz CT molecular complexity index is 568. The number of halogens is 3. The van der Waals surface area contributed by atoms with Crippen LogP contribution in [-0.2, 0) is 4.74 Å². The van der Waals surface area contributed by atoms with E-state index in [1.807, 2.05) is 20.8 Å². The van der Waals surface area contributed by atoms with Gasteiger partial charge >= 0.3 is 6.09 Å². The van der Waals surface area contributed by atoms with E-state index in [0.29, 0.717) is 30.7 Å². The average molecular weight is 391 g/mol. The first-order valence-corrected chi connectivity index (χ1v) is 8.27. The number of piperazine rings is 1. The number of nitrogens with zero attached hydrogens (tertiary/aromatic N) is 2. The van der Waals surface area contributed by atoms with Crippen LogP contribution in [0.3, 0.4) is 0 Å². The van der Waals surface area contributed by atoms with Gasteiger partial charge < -0.3 is 14.5 Å². The van der Waals surface area contributed by atoms with E-state index in [9.17, 15) is 13.6 Å². The van der Waals surface area contributed by atoms with Gasteiger partial charge in [-0.1, -0.05) is 6.07 Å². The Labute approximate surface area is 143 Å². The molecule has 1 aromatic carbocycles. The van der Waals surface area contributed by atoms with Crippen LogP contribution in [0.15, 0.2) is 22.7 Å². The molecule has 0 N–H and O–H groups in total. The van der Waals surface area contributed by atoms with Crippen LogP contribution >= 0.6 is 15.9 Å². The maximum Gasteiger partial charge on any atom is 0.410 e. The Hall–Kier alpha value is -1.37. The third-order valence-corrected chi connectivity index (χ3v) is 4.13. The van der Waals surface area contributed by atoms with Crippen molar-refractivity contribution in [2.45, 2.75) is 32.8 Å². The van der Waals surface area contributed by atoms with Crippen molar-refractivity contribution in [3.63, 3.8) is 0 Å². The van der Waals surface area contributed by atoms with Gasteiger partial charge in [0.2, 0.25) is 0 Å². The first-order valence-electron chi connectivity index (χ1n) is 7.48. The molecule has 0 unspecified atom stereocenters. The molecule has 1 heterocycles. The number of hydrogen-bond donors (Lipinski definition) is 0. The average Bonchev–Trinajstić information content (AvgIpc) is 2.45. The van der Waals surface area contributed by atoms with Crippen LogP contribution in [0.25, 0.3) is 0 Å². The number of ether oxygens (including phenoxy) is 1. The summed E-state index contributed by atoms with van der Waals surface area (Å²) < 4.78 is 31.4. The van der Waals surface area contributed by atoms with E-state index < -0.39 is 12.0 Å². The highest BCUT2D eigenvalue weighted by Crippen LogP contribution is 2.31. The van der Waals surface area contributed by atoms with Gasteiger partial charge in [-0.15, -0.1) is 0 Å². The van der Waals surface area contributed by atoms with E-state index in [2.05, 4.69) is 20.8 Å². The molecule has 1 saturated heterocycles. The van der Waals surface area contributed by atoms with Crippen LogP contribution in [0.4, 0.5) is 19.3 Å². The predicted octanol–water partition coefficient (Wildman–Crippen LogP) is 4.44. The summed E-state index contributed by atoms with van der Waals surface area (Å²) in [5.74, 6) is 0. The van der Waals surface area contributed by atoms with Crippen molar-refractivity contribution in [2.75, 3.05) is 31.1 Å². The molecular weight excluding hydrogens is 370 g/mol. The number of hydrogen-bond acceptors (Lipinski definition) is 3. The smallest absolute Gasteiger partial charge is 0.410 e. The van der Waals surface area contributed by atoms with E-state index >= 15 is 0 Å². The number of alkyl halides is 2. The zero-order chi connectivity index (χ0) is 17.2. The minimum atomic E-state index is -2.48. The summed E-state index contributed by atoms with van der Waals surface area (Å²) in [6, 6.07) is 4.57. The Kier molecular flexibility index (Phi) is 5.49. The van der Waals surface area contributed by atoms with Gasteiger partial charge in [-0.3, -0.25) is 0 Å². The first kappa shape index (κ1) is 18.0. The minimum Gasteiger partial charge on any atom is -0.444 e. The van der Waals surface area contributed by atoms with E-state index in [1.54, 1.807) is 11.0 Å². The van der Waals surface area contributed by atoms with Crippen LogP contribution in [0.1, 0.15) is 32.8 Å². The zero-order valence-corrected chi connectivity index (χ0v) is 15.1. The Morgan fingerprint density at radius 2 is 1.83 bits per heavy atom. The molecule has 4 nitrogen and oxygen atoms in total. The number of carbonyl (C=O) groups excluding carboxylic acids is 1. The largest absolute Gasteiger partial charge is 0.444 e. The second kappa shape index (κ2) is 7.03. The standard InChI is InChI=1S/C16H21BrF2N2O2/c1-16(2,3)23-15(22)21-8-6-20(7-9-21)13-5-4-11(14(18)19)10-12(13)17/h4-5,10,14H,6-9H2,1-3H3. The lowest BCUT2D eigenvalue weighted by molar-refractivity contribution is 0.0240. The molecule has 1 aromatic rings. The monoisotopic (exact) mass is 390 g/mol. The van der Waals surface area contributed by atoms with E-state index in [4.69, 9.17) is 4.74 Å². The maximum atomic E-state index is 12.7.